The monoisotopic (exact) mass is 351 g/mol. The van der Waals surface area contributed by atoms with Gasteiger partial charge in [-0.15, -0.1) is 0 Å². The van der Waals surface area contributed by atoms with Crippen LogP contribution in [0.5, 0.6) is 0 Å². The summed E-state index contributed by atoms with van der Waals surface area (Å²) in [5, 5.41) is 10.1. The van der Waals surface area contributed by atoms with Crippen molar-refractivity contribution in [3.05, 3.63) is 76.8 Å². The summed E-state index contributed by atoms with van der Waals surface area (Å²) in [6.07, 6.45) is 4.14. The van der Waals surface area contributed by atoms with Crippen LogP contribution in [0, 0.1) is 0 Å². The van der Waals surface area contributed by atoms with Gasteiger partial charge >= 0.3 is 0 Å². The Balaban J connectivity index is 1.67. The van der Waals surface area contributed by atoms with Gasteiger partial charge in [0.1, 0.15) is 12.5 Å². The first kappa shape index (κ1) is 15.9. The second-order valence-corrected chi connectivity index (χ2v) is 6.58. The summed E-state index contributed by atoms with van der Waals surface area (Å²) in [4.78, 5) is 6.95. The Morgan fingerprint density at radius 2 is 1.96 bits per heavy atom. The van der Waals surface area contributed by atoms with Crippen molar-refractivity contribution in [3.8, 4) is 11.3 Å². The number of nitrogens with zero attached hydrogens (tertiary/aromatic N) is 3. The zero-order chi connectivity index (χ0) is 17.4. The third-order valence-electron chi connectivity index (χ3n) is 4.41. The molecule has 0 aliphatic carbocycles. The molecular weight excluding hydrogens is 334 g/mol. The molecular formula is C20H18ClN3O. The lowest BCUT2D eigenvalue weighted by molar-refractivity contribution is 0.282. The number of benzene rings is 2. The second-order valence-electron chi connectivity index (χ2n) is 6.14. The SMILES string of the molecule is CC1=Cc2nc(-c3ccc(Cl)cc3)cn2CN1c1cccc(CO)c1. The zero-order valence-corrected chi connectivity index (χ0v) is 14.6. The van der Waals surface area contributed by atoms with E-state index in [0.717, 1.165) is 39.1 Å². The number of fused-ring (bicyclic) bond motifs is 1. The van der Waals surface area contributed by atoms with Gasteiger partial charge in [0, 0.05) is 34.2 Å². The second kappa shape index (κ2) is 6.39. The summed E-state index contributed by atoms with van der Waals surface area (Å²) < 4.78 is 2.13. The Labute approximate surface area is 151 Å². The molecule has 2 heterocycles. The summed E-state index contributed by atoms with van der Waals surface area (Å²) >= 11 is 5.97. The van der Waals surface area contributed by atoms with Crippen LogP contribution in [-0.4, -0.2) is 14.7 Å². The van der Waals surface area contributed by atoms with Crippen LogP contribution in [0.4, 0.5) is 5.69 Å². The highest BCUT2D eigenvalue weighted by atomic mass is 35.5. The molecule has 0 saturated carbocycles. The first-order valence-corrected chi connectivity index (χ1v) is 8.50. The van der Waals surface area contributed by atoms with Gasteiger partial charge in [-0.3, -0.25) is 0 Å². The molecule has 1 aromatic heterocycles. The van der Waals surface area contributed by atoms with Gasteiger partial charge in [-0.25, -0.2) is 4.98 Å². The number of rotatable bonds is 3. The number of aliphatic hydroxyl groups excluding tert-OH is 1. The molecule has 0 atom stereocenters. The standard InChI is InChI=1S/C20H18ClN3O/c1-14-9-20-22-19(16-5-7-17(21)8-6-16)11-23(20)13-24(14)18-4-2-3-15(10-18)12-25/h2-11,25H,12-13H2,1H3. The van der Waals surface area contributed by atoms with Crippen molar-refractivity contribution in [1.29, 1.82) is 0 Å². The predicted octanol–water partition coefficient (Wildman–Crippen LogP) is 4.53. The van der Waals surface area contributed by atoms with Gasteiger partial charge in [0.15, 0.2) is 0 Å². The molecule has 3 aromatic rings. The first-order valence-electron chi connectivity index (χ1n) is 8.13. The number of aliphatic hydroxyl groups is 1. The Kier molecular flexibility index (Phi) is 4.07. The number of imidazole rings is 1. The minimum Gasteiger partial charge on any atom is -0.392 e. The quantitative estimate of drug-likeness (QED) is 0.753. The lowest BCUT2D eigenvalue weighted by Gasteiger charge is -2.30. The molecule has 0 bridgehead atoms. The van der Waals surface area contributed by atoms with Crippen LogP contribution in [0.1, 0.15) is 18.3 Å². The van der Waals surface area contributed by atoms with Crippen LogP contribution in [-0.2, 0) is 13.3 Å². The maximum Gasteiger partial charge on any atom is 0.136 e. The summed E-state index contributed by atoms with van der Waals surface area (Å²) in [5.41, 5.74) is 5.07. The number of anilines is 1. The van der Waals surface area contributed by atoms with Crippen molar-refractivity contribution < 1.29 is 5.11 Å². The fourth-order valence-corrected chi connectivity index (χ4v) is 3.18. The van der Waals surface area contributed by atoms with Gasteiger partial charge in [-0.2, -0.15) is 0 Å². The van der Waals surface area contributed by atoms with Crippen molar-refractivity contribution in [1.82, 2.24) is 9.55 Å². The van der Waals surface area contributed by atoms with Gasteiger partial charge in [0.05, 0.1) is 12.3 Å². The molecule has 5 heteroatoms. The Bertz CT molecular complexity index is 944. The van der Waals surface area contributed by atoms with Crippen molar-refractivity contribution in [2.24, 2.45) is 0 Å². The zero-order valence-electron chi connectivity index (χ0n) is 13.9. The van der Waals surface area contributed by atoms with Crippen LogP contribution in [0.15, 0.2) is 60.4 Å². The summed E-state index contributed by atoms with van der Waals surface area (Å²) in [6, 6.07) is 15.7. The molecule has 4 nitrogen and oxygen atoms in total. The van der Waals surface area contributed by atoms with Crippen LogP contribution in [0.3, 0.4) is 0 Å². The highest BCUT2D eigenvalue weighted by Gasteiger charge is 2.19. The molecule has 0 saturated heterocycles. The fraction of sp³-hybridized carbons (Fsp3) is 0.150. The van der Waals surface area contributed by atoms with E-state index in [-0.39, 0.29) is 6.61 Å². The minimum atomic E-state index is 0.0431. The lowest BCUT2D eigenvalue weighted by atomic mass is 10.2. The van der Waals surface area contributed by atoms with Crippen molar-refractivity contribution in [3.63, 3.8) is 0 Å². The summed E-state index contributed by atoms with van der Waals surface area (Å²) in [7, 11) is 0. The topological polar surface area (TPSA) is 41.3 Å². The maximum absolute atomic E-state index is 9.38. The number of aromatic nitrogens is 2. The molecule has 1 aliphatic rings. The normalized spacial score (nSPS) is 13.6. The van der Waals surface area contributed by atoms with E-state index < -0.39 is 0 Å². The van der Waals surface area contributed by atoms with Gasteiger partial charge in [0.25, 0.3) is 0 Å². The van der Waals surface area contributed by atoms with Gasteiger partial charge in [-0.1, -0.05) is 35.9 Å². The summed E-state index contributed by atoms with van der Waals surface area (Å²) in [5.74, 6) is 0.942. The average molecular weight is 352 g/mol. The molecule has 0 unspecified atom stereocenters. The van der Waals surface area contributed by atoms with E-state index in [1.807, 2.05) is 42.5 Å². The van der Waals surface area contributed by atoms with Crippen LogP contribution >= 0.6 is 11.6 Å². The maximum atomic E-state index is 9.38. The molecule has 1 N–H and O–H groups in total. The molecule has 126 valence electrons. The van der Waals surface area contributed by atoms with E-state index in [1.165, 1.54) is 0 Å². The lowest BCUT2D eigenvalue weighted by Crippen LogP contribution is -2.28. The van der Waals surface area contributed by atoms with Crippen LogP contribution in [0.25, 0.3) is 17.3 Å². The molecule has 0 radical (unpaired) electrons. The molecule has 0 fully saturated rings. The van der Waals surface area contributed by atoms with E-state index in [2.05, 4.69) is 34.7 Å². The van der Waals surface area contributed by atoms with E-state index in [1.54, 1.807) is 0 Å². The molecule has 4 rings (SSSR count). The number of allylic oxidation sites excluding steroid dienone is 1. The van der Waals surface area contributed by atoms with Crippen molar-refractivity contribution in [2.75, 3.05) is 4.90 Å². The third kappa shape index (κ3) is 3.06. The predicted molar refractivity (Wildman–Crippen MR) is 101 cm³/mol. The number of hydrogen-bond donors (Lipinski definition) is 1. The minimum absolute atomic E-state index is 0.0431. The first-order chi connectivity index (χ1) is 12.1. The van der Waals surface area contributed by atoms with E-state index in [0.29, 0.717) is 6.67 Å². The highest BCUT2D eigenvalue weighted by Crippen LogP contribution is 2.29. The van der Waals surface area contributed by atoms with Crippen molar-refractivity contribution in [2.45, 2.75) is 20.2 Å². The molecule has 1 aliphatic heterocycles. The molecule has 0 amide bonds. The smallest absolute Gasteiger partial charge is 0.136 e. The largest absolute Gasteiger partial charge is 0.392 e. The third-order valence-corrected chi connectivity index (χ3v) is 4.66. The summed E-state index contributed by atoms with van der Waals surface area (Å²) in [6.45, 7) is 2.81. The Morgan fingerprint density at radius 3 is 2.72 bits per heavy atom. The number of hydrogen-bond acceptors (Lipinski definition) is 3. The van der Waals surface area contributed by atoms with Gasteiger partial charge < -0.3 is 14.6 Å². The highest BCUT2D eigenvalue weighted by molar-refractivity contribution is 6.30. The number of halogens is 1. The molecule has 25 heavy (non-hydrogen) atoms. The van der Waals surface area contributed by atoms with E-state index in [9.17, 15) is 5.11 Å². The van der Waals surface area contributed by atoms with Gasteiger partial charge in [0.2, 0.25) is 0 Å². The average Bonchev–Trinajstić information content (AvgIpc) is 3.04. The Morgan fingerprint density at radius 1 is 1.16 bits per heavy atom. The van der Waals surface area contributed by atoms with Crippen molar-refractivity contribution >= 4 is 23.4 Å². The molecule has 2 aromatic carbocycles. The van der Waals surface area contributed by atoms with Crippen LogP contribution < -0.4 is 4.90 Å². The molecule has 0 spiro atoms. The fourth-order valence-electron chi connectivity index (χ4n) is 3.06. The van der Waals surface area contributed by atoms with Gasteiger partial charge in [-0.05, 0) is 36.8 Å². The Hall–Kier alpha value is -2.56. The van der Waals surface area contributed by atoms with E-state index in [4.69, 9.17) is 16.6 Å². The van der Waals surface area contributed by atoms with Crippen LogP contribution in [0.2, 0.25) is 5.02 Å². The van der Waals surface area contributed by atoms with E-state index >= 15 is 0 Å².